The minimum absolute atomic E-state index is 0.0385. The third kappa shape index (κ3) is 2.02. The molecule has 0 atom stereocenters. The highest BCUT2D eigenvalue weighted by Crippen LogP contribution is 2.33. The number of carbonyl (C=O) groups excluding carboxylic acids is 1. The molecule has 0 spiro atoms. The summed E-state index contributed by atoms with van der Waals surface area (Å²) in [5.74, 6) is -0.837. The quantitative estimate of drug-likeness (QED) is 0.490. The summed E-state index contributed by atoms with van der Waals surface area (Å²) in [6.07, 6.45) is 0. The molecule has 0 aliphatic rings. The van der Waals surface area contributed by atoms with Gasteiger partial charge in [-0.15, -0.1) is 0 Å². The molecular weight excluding hydrogens is 360 g/mol. The van der Waals surface area contributed by atoms with Gasteiger partial charge in [0.1, 0.15) is 5.75 Å². The average molecular weight is 370 g/mol. The second-order valence-corrected chi connectivity index (χ2v) is 6.59. The average Bonchev–Trinajstić information content (AvgIpc) is 3.13. The van der Waals surface area contributed by atoms with E-state index in [0.717, 1.165) is 0 Å². The van der Waals surface area contributed by atoms with Crippen LogP contribution >= 0.6 is 0 Å². The van der Waals surface area contributed by atoms with E-state index in [9.17, 15) is 24.3 Å². The first-order chi connectivity index (χ1) is 13.5. The number of hydrogen-bond acceptors (Lipinski definition) is 5. The van der Waals surface area contributed by atoms with E-state index in [0.29, 0.717) is 49.6 Å². The van der Waals surface area contributed by atoms with E-state index in [4.69, 9.17) is 4.74 Å². The molecule has 0 radical (unpaired) electrons. The van der Waals surface area contributed by atoms with Crippen molar-refractivity contribution in [3.63, 3.8) is 0 Å². The maximum absolute atomic E-state index is 12.9. The first kappa shape index (κ1) is 16.1. The molecular formula is C22H10O6. The molecule has 0 unspecified atom stereocenters. The molecule has 0 fully saturated rings. The molecule has 0 bridgehead atoms. The minimum atomic E-state index is -1.11. The van der Waals surface area contributed by atoms with Crippen molar-refractivity contribution in [3.05, 3.63) is 74.5 Å². The Morgan fingerprint density at radius 3 is 1.82 bits per heavy atom. The van der Waals surface area contributed by atoms with Crippen LogP contribution in [0.5, 0.6) is 5.75 Å². The lowest BCUT2D eigenvalue weighted by Crippen LogP contribution is -1.98. The molecule has 0 saturated heterocycles. The first-order valence-corrected chi connectivity index (χ1v) is 8.39. The molecule has 0 aliphatic carbocycles. The third-order valence-electron chi connectivity index (χ3n) is 5.16. The summed E-state index contributed by atoms with van der Waals surface area (Å²) in [6, 6.07) is 12.5. The van der Waals surface area contributed by atoms with Gasteiger partial charge in [0.05, 0.1) is 5.56 Å². The van der Waals surface area contributed by atoms with Crippen molar-refractivity contribution < 1.29 is 19.4 Å². The number of ether oxygens (including phenoxy) is 1. The van der Waals surface area contributed by atoms with E-state index in [1.807, 2.05) is 0 Å². The first-order valence-electron chi connectivity index (χ1n) is 8.39. The highest BCUT2D eigenvalue weighted by molar-refractivity contribution is 6.21. The topological polar surface area (TPSA) is 97.7 Å². The second kappa shape index (κ2) is 5.47. The van der Waals surface area contributed by atoms with Gasteiger partial charge in [-0.1, -0.05) is 6.07 Å². The number of benzene rings is 3. The standard InChI is InChI=1S/C22H10O6/c23-9-28-11-2-4-13-15-8-18-14(7-19(15)21(25)17(13)6-11)12-3-1-10(22(26)27)5-16(12)20(18)24/h1-9H,(H,26,27). The van der Waals surface area contributed by atoms with Gasteiger partial charge in [0.25, 0.3) is 6.47 Å². The smallest absolute Gasteiger partial charge is 0.335 e. The second-order valence-electron chi connectivity index (χ2n) is 6.59. The molecule has 1 N–H and O–H groups in total. The summed E-state index contributed by atoms with van der Waals surface area (Å²) in [6.45, 7) is 0.295. The van der Waals surface area contributed by atoms with Gasteiger partial charge in [-0.05, 0) is 64.0 Å². The van der Waals surface area contributed by atoms with E-state index in [-0.39, 0.29) is 22.2 Å². The zero-order valence-electron chi connectivity index (χ0n) is 14.2. The summed E-state index contributed by atoms with van der Waals surface area (Å²) < 4.78 is 4.82. The maximum atomic E-state index is 12.9. The number of carbonyl (C=O) groups is 2. The fourth-order valence-corrected chi connectivity index (χ4v) is 3.89. The van der Waals surface area contributed by atoms with Crippen LogP contribution in [-0.2, 0) is 4.79 Å². The predicted molar refractivity (Wildman–Crippen MR) is 105 cm³/mol. The zero-order chi connectivity index (χ0) is 19.6. The van der Waals surface area contributed by atoms with Gasteiger partial charge in [0.15, 0.2) is 10.9 Å². The minimum Gasteiger partial charge on any atom is -0.478 e. The summed E-state index contributed by atoms with van der Waals surface area (Å²) in [5, 5.41) is 13.3. The maximum Gasteiger partial charge on any atom is 0.335 e. The van der Waals surface area contributed by atoms with Crippen molar-refractivity contribution in [2.45, 2.75) is 0 Å². The highest BCUT2D eigenvalue weighted by Gasteiger charge is 2.17. The molecule has 0 aromatic heterocycles. The van der Waals surface area contributed by atoms with E-state index < -0.39 is 5.97 Å². The summed E-state index contributed by atoms with van der Waals surface area (Å²) in [7, 11) is 0. The molecule has 0 aliphatic heterocycles. The van der Waals surface area contributed by atoms with Gasteiger partial charge >= 0.3 is 5.97 Å². The molecule has 6 heteroatoms. The SMILES string of the molecule is O=COc1ccc2c(c1)c(=O)c1cc3c(cc12)c(=O)c1cc(C(=O)O)ccc13. The molecule has 134 valence electrons. The Bertz CT molecular complexity index is 1570. The van der Waals surface area contributed by atoms with E-state index in [1.54, 1.807) is 30.3 Å². The number of carboxylic acid groups (broad SMARTS) is 1. The Morgan fingerprint density at radius 1 is 0.714 bits per heavy atom. The van der Waals surface area contributed by atoms with Crippen LogP contribution in [0.15, 0.2) is 58.1 Å². The van der Waals surface area contributed by atoms with Crippen molar-refractivity contribution >= 4 is 55.5 Å². The van der Waals surface area contributed by atoms with Gasteiger partial charge < -0.3 is 9.84 Å². The summed E-state index contributed by atoms with van der Waals surface area (Å²) in [5.41, 5.74) is -0.443. The third-order valence-corrected chi connectivity index (χ3v) is 5.16. The van der Waals surface area contributed by atoms with E-state index >= 15 is 0 Å². The van der Waals surface area contributed by atoms with E-state index in [2.05, 4.69) is 0 Å². The lowest BCUT2D eigenvalue weighted by molar-refractivity contribution is -0.120. The zero-order valence-corrected chi connectivity index (χ0v) is 14.2. The monoisotopic (exact) mass is 370 g/mol. The van der Waals surface area contributed by atoms with Crippen LogP contribution in [0.25, 0.3) is 43.1 Å². The van der Waals surface area contributed by atoms with Gasteiger partial charge in [-0.2, -0.15) is 0 Å². The lowest BCUT2D eigenvalue weighted by Gasteiger charge is -1.97. The van der Waals surface area contributed by atoms with Crippen molar-refractivity contribution in [3.8, 4) is 5.75 Å². The van der Waals surface area contributed by atoms with Crippen LogP contribution < -0.4 is 15.6 Å². The van der Waals surface area contributed by atoms with Crippen LogP contribution in [0.3, 0.4) is 0 Å². The number of aromatic carboxylic acids is 1. The van der Waals surface area contributed by atoms with Gasteiger partial charge in [-0.25, -0.2) is 4.79 Å². The molecule has 5 rings (SSSR count). The number of carboxylic acids is 1. The molecule has 0 heterocycles. The Labute approximate surface area is 155 Å². The van der Waals surface area contributed by atoms with Gasteiger partial charge in [-0.3, -0.25) is 14.4 Å². The fourth-order valence-electron chi connectivity index (χ4n) is 3.89. The van der Waals surface area contributed by atoms with Gasteiger partial charge in [0.2, 0.25) is 0 Å². The van der Waals surface area contributed by atoms with Crippen molar-refractivity contribution in [2.24, 2.45) is 0 Å². The summed E-state index contributed by atoms with van der Waals surface area (Å²) in [4.78, 5) is 47.5. The van der Waals surface area contributed by atoms with E-state index in [1.165, 1.54) is 18.2 Å². The molecule has 0 amide bonds. The normalized spacial score (nSPS) is 11.6. The Hall–Kier alpha value is -4.06. The molecule has 6 nitrogen and oxygen atoms in total. The van der Waals surface area contributed by atoms with Crippen molar-refractivity contribution in [2.75, 3.05) is 0 Å². The molecule has 0 saturated carbocycles. The lowest BCUT2D eigenvalue weighted by atomic mass is 10.1. The van der Waals surface area contributed by atoms with Gasteiger partial charge in [0, 0.05) is 21.5 Å². The van der Waals surface area contributed by atoms with Crippen molar-refractivity contribution in [1.82, 2.24) is 0 Å². The van der Waals surface area contributed by atoms with Crippen LogP contribution in [0.2, 0.25) is 0 Å². The molecule has 5 aromatic rings. The highest BCUT2D eigenvalue weighted by atomic mass is 16.5. The van der Waals surface area contributed by atoms with Crippen LogP contribution in [0.1, 0.15) is 10.4 Å². The Morgan fingerprint density at radius 2 is 1.25 bits per heavy atom. The Kier molecular flexibility index (Phi) is 3.15. The number of hydrogen-bond donors (Lipinski definition) is 1. The summed E-state index contributed by atoms with van der Waals surface area (Å²) >= 11 is 0. The molecule has 28 heavy (non-hydrogen) atoms. The van der Waals surface area contributed by atoms with Crippen LogP contribution in [-0.4, -0.2) is 17.5 Å². The predicted octanol–water partition coefficient (Wildman–Crippen LogP) is 3.13. The Balaban J connectivity index is 1.92. The number of fused-ring (bicyclic) bond motifs is 6. The molecule has 5 aromatic carbocycles. The number of rotatable bonds is 3. The van der Waals surface area contributed by atoms with Crippen molar-refractivity contribution in [1.29, 1.82) is 0 Å². The fraction of sp³-hybridized carbons (Fsp3) is 0. The largest absolute Gasteiger partial charge is 0.478 e. The van der Waals surface area contributed by atoms with Crippen LogP contribution in [0, 0.1) is 0 Å². The van der Waals surface area contributed by atoms with Crippen LogP contribution in [0.4, 0.5) is 0 Å².